The summed E-state index contributed by atoms with van der Waals surface area (Å²) < 4.78 is 2.43. The van der Waals surface area contributed by atoms with E-state index in [1.54, 1.807) is 22.7 Å². The average Bonchev–Trinajstić information content (AvgIpc) is 2.88. The van der Waals surface area contributed by atoms with Crippen molar-refractivity contribution in [2.45, 2.75) is 13.3 Å². The summed E-state index contributed by atoms with van der Waals surface area (Å²) in [5.74, 6) is 0.217. The van der Waals surface area contributed by atoms with Crippen LogP contribution in [0.5, 0.6) is 0 Å². The summed E-state index contributed by atoms with van der Waals surface area (Å²) in [5, 5.41) is 2.07. The van der Waals surface area contributed by atoms with Gasteiger partial charge >= 0.3 is 0 Å². The van der Waals surface area contributed by atoms with E-state index in [4.69, 9.17) is 0 Å². The number of thiophene rings is 2. The molecule has 2 aromatic heterocycles. The van der Waals surface area contributed by atoms with Gasteiger partial charge in [-0.05, 0) is 30.0 Å². The number of hydrogen-bond acceptors (Lipinski definition) is 3. The van der Waals surface area contributed by atoms with Gasteiger partial charge in [0.1, 0.15) is 0 Å². The Bertz CT molecular complexity index is 677. The van der Waals surface area contributed by atoms with E-state index in [-0.39, 0.29) is 5.78 Å². The number of hydrogen-bond donors (Lipinski definition) is 0. The maximum absolute atomic E-state index is 12.2. The summed E-state index contributed by atoms with van der Waals surface area (Å²) in [6.45, 7) is 2.05. The van der Waals surface area contributed by atoms with Crippen molar-refractivity contribution < 1.29 is 4.79 Å². The summed E-state index contributed by atoms with van der Waals surface area (Å²) in [4.78, 5) is 13.1. The van der Waals surface area contributed by atoms with Gasteiger partial charge < -0.3 is 0 Å². The standard InChI is InChI=1S/C15H12OS2/c1-10-3-2-4-11(7-10)8-12(16)14-9-15-13(18-14)5-6-17-15/h2-7,9H,8H2,1H3. The normalized spacial score (nSPS) is 10.9. The molecule has 0 radical (unpaired) electrons. The van der Waals surface area contributed by atoms with E-state index < -0.39 is 0 Å². The number of carbonyl (C=O) groups excluding carboxylic acids is 1. The molecule has 0 spiro atoms. The quantitative estimate of drug-likeness (QED) is 0.632. The molecule has 0 aliphatic heterocycles. The lowest BCUT2D eigenvalue weighted by Crippen LogP contribution is -2.01. The molecule has 2 heterocycles. The summed E-state index contributed by atoms with van der Waals surface area (Å²) in [5.41, 5.74) is 2.30. The summed E-state index contributed by atoms with van der Waals surface area (Å²) in [7, 11) is 0. The van der Waals surface area contributed by atoms with Crippen molar-refractivity contribution in [1.29, 1.82) is 0 Å². The van der Waals surface area contributed by atoms with Crippen LogP contribution in [-0.4, -0.2) is 5.78 Å². The monoisotopic (exact) mass is 272 g/mol. The Morgan fingerprint density at radius 1 is 1.17 bits per heavy atom. The van der Waals surface area contributed by atoms with Crippen molar-refractivity contribution in [3.63, 3.8) is 0 Å². The summed E-state index contributed by atoms with van der Waals surface area (Å²) >= 11 is 3.29. The van der Waals surface area contributed by atoms with Gasteiger partial charge in [-0.1, -0.05) is 29.8 Å². The molecule has 18 heavy (non-hydrogen) atoms. The molecule has 0 aliphatic rings. The van der Waals surface area contributed by atoms with Crippen LogP contribution in [-0.2, 0) is 6.42 Å². The van der Waals surface area contributed by atoms with Gasteiger partial charge in [-0.25, -0.2) is 0 Å². The minimum atomic E-state index is 0.217. The third kappa shape index (κ3) is 2.24. The lowest BCUT2D eigenvalue weighted by Gasteiger charge is -2.00. The lowest BCUT2D eigenvalue weighted by atomic mass is 10.1. The molecule has 1 aromatic carbocycles. The maximum Gasteiger partial charge on any atom is 0.177 e. The molecule has 0 unspecified atom stereocenters. The van der Waals surface area contributed by atoms with Crippen LogP contribution in [0.1, 0.15) is 20.8 Å². The van der Waals surface area contributed by atoms with Gasteiger partial charge in [0, 0.05) is 15.8 Å². The van der Waals surface area contributed by atoms with Crippen molar-refractivity contribution in [2.75, 3.05) is 0 Å². The molecule has 0 fully saturated rings. The number of benzene rings is 1. The molecule has 3 rings (SSSR count). The molecule has 0 atom stereocenters. The molecule has 3 aromatic rings. The number of fused-ring (bicyclic) bond motifs is 1. The number of aryl methyl sites for hydroxylation is 1. The van der Waals surface area contributed by atoms with Crippen LogP contribution < -0.4 is 0 Å². The lowest BCUT2D eigenvalue weighted by molar-refractivity contribution is 0.0997. The highest BCUT2D eigenvalue weighted by Gasteiger charge is 2.11. The second kappa shape index (κ2) is 4.67. The Morgan fingerprint density at radius 2 is 2.06 bits per heavy atom. The Kier molecular flexibility index (Phi) is 3.02. The first-order valence-corrected chi connectivity index (χ1v) is 7.48. The number of Topliss-reactive ketones (excluding diaryl/α,β-unsaturated/α-hetero) is 1. The fourth-order valence-electron chi connectivity index (χ4n) is 2.00. The van der Waals surface area contributed by atoms with E-state index in [0.29, 0.717) is 6.42 Å². The molecule has 0 saturated heterocycles. The van der Waals surface area contributed by atoms with Gasteiger partial charge in [-0.15, -0.1) is 22.7 Å². The van der Waals surface area contributed by atoms with Gasteiger partial charge in [0.25, 0.3) is 0 Å². The van der Waals surface area contributed by atoms with Crippen LogP contribution in [0.2, 0.25) is 0 Å². The van der Waals surface area contributed by atoms with Crippen molar-refractivity contribution in [3.8, 4) is 0 Å². The van der Waals surface area contributed by atoms with Crippen LogP contribution in [0.15, 0.2) is 41.8 Å². The van der Waals surface area contributed by atoms with E-state index in [0.717, 1.165) is 10.4 Å². The van der Waals surface area contributed by atoms with E-state index >= 15 is 0 Å². The van der Waals surface area contributed by atoms with Gasteiger partial charge in [0.15, 0.2) is 5.78 Å². The molecule has 0 amide bonds. The van der Waals surface area contributed by atoms with Crippen LogP contribution in [0.25, 0.3) is 9.40 Å². The van der Waals surface area contributed by atoms with Crippen LogP contribution in [0, 0.1) is 6.92 Å². The first-order valence-electron chi connectivity index (χ1n) is 5.78. The van der Waals surface area contributed by atoms with Crippen molar-refractivity contribution in [2.24, 2.45) is 0 Å². The topological polar surface area (TPSA) is 17.1 Å². The van der Waals surface area contributed by atoms with E-state index in [2.05, 4.69) is 30.5 Å². The van der Waals surface area contributed by atoms with Crippen molar-refractivity contribution in [1.82, 2.24) is 0 Å². The Labute approximate surface area is 114 Å². The van der Waals surface area contributed by atoms with Gasteiger partial charge in [0.05, 0.1) is 4.88 Å². The fraction of sp³-hybridized carbons (Fsp3) is 0.133. The van der Waals surface area contributed by atoms with Gasteiger partial charge in [-0.2, -0.15) is 0 Å². The van der Waals surface area contributed by atoms with E-state index in [1.165, 1.54) is 15.0 Å². The summed E-state index contributed by atoms with van der Waals surface area (Å²) in [6, 6.07) is 12.2. The molecular formula is C15H12OS2. The molecule has 0 bridgehead atoms. The molecule has 3 heteroatoms. The first kappa shape index (κ1) is 11.6. The zero-order valence-electron chi connectivity index (χ0n) is 9.97. The average molecular weight is 272 g/mol. The fourth-order valence-corrected chi connectivity index (χ4v) is 4.04. The highest BCUT2D eigenvalue weighted by molar-refractivity contribution is 7.27. The number of ketones is 1. The van der Waals surface area contributed by atoms with Crippen molar-refractivity contribution in [3.05, 3.63) is 57.8 Å². The Morgan fingerprint density at radius 3 is 2.83 bits per heavy atom. The highest BCUT2D eigenvalue weighted by atomic mass is 32.1. The molecule has 0 N–H and O–H groups in total. The Hall–Kier alpha value is -1.45. The minimum Gasteiger partial charge on any atom is -0.293 e. The summed E-state index contributed by atoms with van der Waals surface area (Å²) in [6.07, 6.45) is 0.495. The van der Waals surface area contributed by atoms with Crippen LogP contribution in [0.3, 0.4) is 0 Å². The van der Waals surface area contributed by atoms with E-state index in [1.807, 2.05) is 18.2 Å². The molecule has 90 valence electrons. The Balaban J connectivity index is 1.85. The molecule has 0 saturated carbocycles. The third-order valence-electron chi connectivity index (χ3n) is 2.86. The number of carbonyl (C=O) groups is 1. The zero-order valence-corrected chi connectivity index (χ0v) is 11.6. The SMILES string of the molecule is Cc1cccc(CC(=O)c2cc3sccc3s2)c1. The third-order valence-corrected chi connectivity index (χ3v) is 5.00. The molecule has 0 aliphatic carbocycles. The maximum atomic E-state index is 12.2. The van der Waals surface area contributed by atoms with Gasteiger partial charge in [0.2, 0.25) is 0 Å². The first-order chi connectivity index (χ1) is 8.72. The second-order valence-electron chi connectivity index (χ2n) is 4.35. The van der Waals surface area contributed by atoms with Crippen molar-refractivity contribution >= 4 is 37.9 Å². The predicted octanol–water partition coefficient (Wildman–Crippen LogP) is 4.70. The largest absolute Gasteiger partial charge is 0.293 e. The van der Waals surface area contributed by atoms with Crippen LogP contribution in [0.4, 0.5) is 0 Å². The second-order valence-corrected chi connectivity index (χ2v) is 6.38. The zero-order chi connectivity index (χ0) is 12.5. The highest BCUT2D eigenvalue weighted by Crippen LogP contribution is 2.30. The molecule has 1 nitrogen and oxygen atoms in total. The van der Waals surface area contributed by atoms with Gasteiger partial charge in [-0.3, -0.25) is 4.79 Å². The van der Waals surface area contributed by atoms with E-state index in [9.17, 15) is 4.79 Å². The smallest absolute Gasteiger partial charge is 0.177 e. The van der Waals surface area contributed by atoms with Crippen LogP contribution >= 0.6 is 22.7 Å². The minimum absolute atomic E-state index is 0.217. The molecular weight excluding hydrogens is 260 g/mol. The number of rotatable bonds is 3. The predicted molar refractivity (Wildman–Crippen MR) is 78.9 cm³/mol.